The SMILES string of the molecule is CCCOc1c(C(C)(C)C)cc(/C(C)=C/C=C/C(C)=C/C(=O)O)cc1C(C)(C)C. The summed E-state index contributed by atoms with van der Waals surface area (Å²) in [6.45, 7) is 20.0. The lowest BCUT2D eigenvalue weighted by atomic mass is 9.77. The first-order chi connectivity index (χ1) is 13.3. The van der Waals surface area contributed by atoms with Gasteiger partial charge in [0, 0.05) is 17.2 Å². The van der Waals surface area contributed by atoms with E-state index in [2.05, 4.69) is 67.5 Å². The second kappa shape index (κ2) is 9.96. The third-order valence-electron chi connectivity index (χ3n) is 4.67. The Morgan fingerprint density at radius 1 is 1.03 bits per heavy atom. The van der Waals surface area contributed by atoms with Crippen molar-refractivity contribution in [2.24, 2.45) is 0 Å². The first-order valence-electron chi connectivity index (χ1n) is 10.4. The topological polar surface area (TPSA) is 46.5 Å². The van der Waals surface area contributed by atoms with Crippen molar-refractivity contribution in [2.75, 3.05) is 6.61 Å². The number of allylic oxidation sites excluding steroid dienone is 5. The van der Waals surface area contributed by atoms with Gasteiger partial charge < -0.3 is 9.84 Å². The highest BCUT2D eigenvalue weighted by Gasteiger charge is 2.28. The average Bonchev–Trinajstić information content (AvgIpc) is 2.56. The Kier molecular flexibility index (Phi) is 8.50. The normalized spacial score (nSPS) is 13.8. The van der Waals surface area contributed by atoms with Gasteiger partial charge >= 0.3 is 5.97 Å². The second-order valence-electron chi connectivity index (χ2n) is 9.68. The smallest absolute Gasteiger partial charge is 0.328 e. The van der Waals surface area contributed by atoms with Gasteiger partial charge in [-0.1, -0.05) is 66.7 Å². The number of aliphatic carboxylic acids is 1. The summed E-state index contributed by atoms with van der Waals surface area (Å²) in [5.41, 5.74) is 5.33. The fourth-order valence-corrected chi connectivity index (χ4v) is 3.01. The summed E-state index contributed by atoms with van der Waals surface area (Å²) in [5.74, 6) is 0.0827. The molecule has 0 bridgehead atoms. The lowest BCUT2D eigenvalue weighted by Crippen LogP contribution is -2.20. The largest absolute Gasteiger partial charge is 0.493 e. The number of hydrogen-bond donors (Lipinski definition) is 1. The van der Waals surface area contributed by atoms with Crippen molar-refractivity contribution in [1.29, 1.82) is 0 Å². The van der Waals surface area contributed by atoms with Gasteiger partial charge in [-0.05, 0) is 59.9 Å². The van der Waals surface area contributed by atoms with Crippen LogP contribution in [-0.2, 0) is 15.6 Å². The van der Waals surface area contributed by atoms with Crippen molar-refractivity contribution in [3.05, 3.63) is 58.7 Å². The summed E-state index contributed by atoms with van der Waals surface area (Å²) in [5, 5.41) is 8.83. The molecular weight excluding hydrogens is 360 g/mol. The van der Waals surface area contributed by atoms with Crippen LogP contribution in [0.2, 0.25) is 0 Å². The Bertz CT molecular complexity index is 774. The van der Waals surface area contributed by atoms with Crippen molar-refractivity contribution in [1.82, 2.24) is 0 Å². The van der Waals surface area contributed by atoms with Crippen molar-refractivity contribution < 1.29 is 14.6 Å². The lowest BCUT2D eigenvalue weighted by Gasteiger charge is -2.31. The first kappa shape index (κ1) is 24.7. The van der Waals surface area contributed by atoms with Gasteiger partial charge in [0.15, 0.2) is 0 Å². The lowest BCUT2D eigenvalue weighted by molar-refractivity contribution is -0.131. The standard InChI is InChI=1S/C26H38O3/c1-10-14-29-24-21(25(4,5)6)16-20(17-22(24)26(7,8)9)19(3)13-11-12-18(2)15-23(27)28/h11-13,15-17H,10,14H2,1-9H3,(H,27,28)/b12-11+,18-15+,19-13+. The second-order valence-corrected chi connectivity index (χ2v) is 9.68. The van der Waals surface area contributed by atoms with Gasteiger partial charge in [-0.2, -0.15) is 0 Å². The summed E-state index contributed by atoms with van der Waals surface area (Å²) in [4.78, 5) is 10.8. The molecule has 0 saturated heterocycles. The quantitative estimate of drug-likeness (QED) is 0.395. The van der Waals surface area contributed by atoms with E-state index in [0.29, 0.717) is 12.2 Å². The van der Waals surface area contributed by atoms with Crippen LogP contribution in [0.1, 0.15) is 85.4 Å². The van der Waals surface area contributed by atoms with Gasteiger partial charge in [0.2, 0.25) is 0 Å². The molecule has 29 heavy (non-hydrogen) atoms. The first-order valence-corrected chi connectivity index (χ1v) is 10.4. The van der Waals surface area contributed by atoms with Crippen molar-refractivity contribution in [3.63, 3.8) is 0 Å². The maximum absolute atomic E-state index is 10.8. The molecule has 0 saturated carbocycles. The third kappa shape index (κ3) is 7.56. The average molecular weight is 399 g/mol. The van der Waals surface area contributed by atoms with Gasteiger partial charge in [0.1, 0.15) is 5.75 Å². The number of carbonyl (C=O) groups is 1. The molecule has 1 aromatic carbocycles. The number of carboxylic acid groups (broad SMARTS) is 1. The highest BCUT2D eigenvalue weighted by Crippen LogP contribution is 2.42. The Morgan fingerprint density at radius 2 is 1.55 bits per heavy atom. The molecule has 1 aromatic rings. The van der Waals surface area contributed by atoms with Gasteiger partial charge in [-0.25, -0.2) is 4.79 Å². The molecule has 0 fully saturated rings. The molecule has 0 aliphatic rings. The monoisotopic (exact) mass is 398 g/mol. The Hall–Kier alpha value is -2.29. The summed E-state index contributed by atoms with van der Waals surface area (Å²) in [7, 11) is 0. The predicted octanol–water partition coefficient (Wildman–Crippen LogP) is 7.06. The maximum Gasteiger partial charge on any atom is 0.328 e. The number of hydrogen-bond acceptors (Lipinski definition) is 2. The summed E-state index contributed by atoms with van der Waals surface area (Å²) in [6, 6.07) is 4.47. The van der Waals surface area contributed by atoms with Crippen molar-refractivity contribution in [3.8, 4) is 5.75 Å². The minimum atomic E-state index is -0.930. The van der Waals surface area contributed by atoms with Gasteiger partial charge in [0.25, 0.3) is 0 Å². The maximum atomic E-state index is 10.8. The zero-order valence-electron chi connectivity index (χ0n) is 19.6. The molecule has 160 valence electrons. The highest BCUT2D eigenvalue weighted by molar-refractivity contribution is 5.81. The Labute approximate surface area is 177 Å². The van der Waals surface area contributed by atoms with Crippen molar-refractivity contribution >= 4 is 11.5 Å². The van der Waals surface area contributed by atoms with E-state index in [0.717, 1.165) is 23.3 Å². The van der Waals surface area contributed by atoms with Crippen LogP contribution in [0.4, 0.5) is 0 Å². The molecule has 0 aliphatic carbocycles. The summed E-state index contributed by atoms with van der Waals surface area (Å²) in [6.07, 6.45) is 7.92. The van der Waals surface area contributed by atoms with Crippen molar-refractivity contribution in [2.45, 2.75) is 79.6 Å². The molecule has 3 nitrogen and oxygen atoms in total. The molecule has 0 unspecified atom stereocenters. The van der Waals surface area contributed by atoms with E-state index in [1.54, 1.807) is 6.92 Å². The molecule has 0 atom stereocenters. The van der Waals surface area contributed by atoms with E-state index in [1.807, 2.05) is 18.2 Å². The number of carboxylic acids is 1. The molecule has 0 heterocycles. The number of benzene rings is 1. The van der Waals surface area contributed by atoms with E-state index in [1.165, 1.54) is 17.2 Å². The third-order valence-corrected chi connectivity index (χ3v) is 4.67. The van der Waals surface area contributed by atoms with E-state index >= 15 is 0 Å². The number of ether oxygens (including phenoxy) is 1. The summed E-state index contributed by atoms with van der Waals surface area (Å²) < 4.78 is 6.26. The molecule has 0 amide bonds. The highest BCUT2D eigenvalue weighted by atomic mass is 16.5. The Balaban J connectivity index is 3.54. The van der Waals surface area contributed by atoms with Gasteiger partial charge in [-0.15, -0.1) is 0 Å². The molecule has 0 spiro atoms. The molecular formula is C26H38O3. The fourth-order valence-electron chi connectivity index (χ4n) is 3.01. The van der Waals surface area contributed by atoms with Crippen LogP contribution in [0.5, 0.6) is 5.75 Å². The van der Waals surface area contributed by atoms with E-state index in [4.69, 9.17) is 9.84 Å². The van der Waals surface area contributed by atoms with Crippen LogP contribution in [0.3, 0.4) is 0 Å². The van der Waals surface area contributed by atoms with Gasteiger partial charge in [0.05, 0.1) is 6.61 Å². The Morgan fingerprint density at radius 3 is 1.97 bits per heavy atom. The van der Waals surface area contributed by atoms with Crippen LogP contribution in [0.25, 0.3) is 5.57 Å². The minimum absolute atomic E-state index is 0.0456. The molecule has 0 radical (unpaired) electrons. The zero-order valence-corrected chi connectivity index (χ0v) is 19.6. The number of rotatable bonds is 7. The molecule has 1 rings (SSSR count). The summed E-state index contributed by atoms with van der Waals surface area (Å²) >= 11 is 0. The molecule has 0 aromatic heterocycles. The van der Waals surface area contributed by atoms with E-state index in [-0.39, 0.29) is 10.8 Å². The van der Waals surface area contributed by atoms with Crippen LogP contribution >= 0.6 is 0 Å². The molecule has 0 aliphatic heterocycles. The molecule has 3 heteroatoms. The van der Waals surface area contributed by atoms with Gasteiger partial charge in [-0.3, -0.25) is 0 Å². The fraction of sp³-hybridized carbons (Fsp3) is 0.500. The minimum Gasteiger partial charge on any atom is -0.493 e. The van der Waals surface area contributed by atoms with Crippen LogP contribution in [0.15, 0.2) is 42.0 Å². The van der Waals surface area contributed by atoms with Crippen LogP contribution < -0.4 is 4.74 Å². The zero-order chi connectivity index (χ0) is 22.4. The van der Waals surface area contributed by atoms with Crippen LogP contribution in [0, 0.1) is 0 Å². The molecule has 1 N–H and O–H groups in total. The van der Waals surface area contributed by atoms with Crippen LogP contribution in [-0.4, -0.2) is 17.7 Å². The predicted molar refractivity (Wildman–Crippen MR) is 124 cm³/mol. The van der Waals surface area contributed by atoms with E-state index in [9.17, 15) is 4.79 Å². The van der Waals surface area contributed by atoms with E-state index < -0.39 is 5.97 Å².